The number of benzene rings is 2. The highest BCUT2D eigenvalue weighted by atomic mass is 19.1. The summed E-state index contributed by atoms with van der Waals surface area (Å²) in [6.45, 7) is 4.97. The van der Waals surface area contributed by atoms with Crippen LogP contribution in [-0.4, -0.2) is 6.54 Å². The maximum Gasteiger partial charge on any atom is 0.128 e. The monoisotopic (exact) mass is 257 g/mol. The number of rotatable bonds is 5. The number of nitrogens with one attached hydrogen (secondary N) is 1. The smallest absolute Gasteiger partial charge is 0.128 e. The Labute approximate surface area is 114 Å². The number of hydrogen-bond acceptors (Lipinski definition) is 1. The Morgan fingerprint density at radius 2 is 1.84 bits per heavy atom. The molecule has 1 N–H and O–H groups in total. The first-order chi connectivity index (χ1) is 9.22. The Morgan fingerprint density at radius 3 is 2.53 bits per heavy atom. The third-order valence-electron chi connectivity index (χ3n) is 3.19. The summed E-state index contributed by atoms with van der Waals surface area (Å²) in [5.41, 5.74) is 2.90. The maximum atomic E-state index is 14.1. The molecule has 0 bridgehead atoms. The fraction of sp³-hybridized carbons (Fsp3) is 0.294. The van der Waals surface area contributed by atoms with Crippen LogP contribution in [0.4, 0.5) is 4.39 Å². The molecule has 1 nitrogen and oxygen atoms in total. The van der Waals surface area contributed by atoms with Gasteiger partial charge < -0.3 is 5.32 Å². The Morgan fingerprint density at radius 1 is 1.11 bits per heavy atom. The Balaban J connectivity index is 2.40. The second-order valence-electron chi connectivity index (χ2n) is 4.82. The van der Waals surface area contributed by atoms with Crippen LogP contribution >= 0.6 is 0 Å². The molecule has 2 heteroatoms. The van der Waals surface area contributed by atoms with Gasteiger partial charge in [-0.2, -0.15) is 0 Å². The minimum absolute atomic E-state index is 0.0824. The molecule has 2 rings (SSSR count). The third-order valence-corrected chi connectivity index (χ3v) is 3.19. The molecule has 0 radical (unpaired) electrons. The molecule has 1 unspecified atom stereocenters. The van der Waals surface area contributed by atoms with E-state index in [1.165, 1.54) is 0 Å². The van der Waals surface area contributed by atoms with Crippen molar-refractivity contribution in [1.82, 2.24) is 5.32 Å². The summed E-state index contributed by atoms with van der Waals surface area (Å²) in [6.07, 6.45) is 1.02. The van der Waals surface area contributed by atoms with Crippen LogP contribution in [-0.2, 0) is 0 Å². The molecule has 0 aromatic heterocycles. The average molecular weight is 257 g/mol. The minimum atomic E-state index is -0.150. The van der Waals surface area contributed by atoms with Crippen molar-refractivity contribution in [2.45, 2.75) is 26.3 Å². The topological polar surface area (TPSA) is 12.0 Å². The highest BCUT2D eigenvalue weighted by Crippen LogP contribution is 2.25. The van der Waals surface area contributed by atoms with Crippen LogP contribution in [0.5, 0.6) is 0 Å². The van der Waals surface area contributed by atoms with Crippen LogP contribution in [0.3, 0.4) is 0 Å². The summed E-state index contributed by atoms with van der Waals surface area (Å²) in [5, 5.41) is 3.43. The molecule has 19 heavy (non-hydrogen) atoms. The Bertz CT molecular complexity index is 522. The summed E-state index contributed by atoms with van der Waals surface area (Å²) in [7, 11) is 0. The van der Waals surface area contributed by atoms with Gasteiger partial charge in [0.2, 0.25) is 0 Å². The lowest BCUT2D eigenvalue weighted by molar-refractivity contribution is 0.546. The van der Waals surface area contributed by atoms with Crippen molar-refractivity contribution in [2.24, 2.45) is 0 Å². The van der Waals surface area contributed by atoms with Crippen LogP contribution in [0, 0.1) is 12.7 Å². The van der Waals surface area contributed by atoms with E-state index in [2.05, 4.69) is 12.2 Å². The molecule has 100 valence electrons. The van der Waals surface area contributed by atoms with Crippen molar-refractivity contribution < 1.29 is 4.39 Å². The van der Waals surface area contributed by atoms with Crippen LogP contribution in [0.25, 0.3) is 0 Å². The van der Waals surface area contributed by atoms with Gasteiger partial charge in [0, 0.05) is 5.56 Å². The van der Waals surface area contributed by atoms with E-state index in [-0.39, 0.29) is 11.9 Å². The Hall–Kier alpha value is -1.67. The maximum absolute atomic E-state index is 14.1. The van der Waals surface area contributed by atoms with Gasteiger partial charge in [-0.1, -0.05) is 55.0 Å². The van der Waals surface area contributed by atoms with Gasteiger partial charge in [0.1, 0.15) is 5.82 Å². The molecule has 0 heterocycles. The molecular weight excluding hydrogens is 237 g/mol. The molecular formula is C17H20FN. The van der Waals surface area contributed by atoms with E-state index >= 15 is 0 Å². The lowest BCUT2D eigenvalue weighted by Gasteiger charge is -2.20. The zero-order chi connectivity index (χ0) is 13.7. The summed E-state index contributed by atoms with van der Waals surface area (Å²) >= 11 is 0. The van der Waals surface area contributed by atoms with E-state index in [9.17, 15) is 4.39 Å². The van der Waals surface area contributed by atoms with Gasteiger partial charge in [-0.05, 0) is 31.5 Å². The van der Waals surface area contributed by atoms with Crippen molar-refractivity contribution in [3.8, 4) is 0 Å². The number of aryl methyl sites for hydroxylation is 1. The number of halogens is 1. The second-order valence-corrected chi connectivity index (χ2v) is 4.82. The normalized spacial score (nSPS) is 12.4. The van der Waals surface area contributed by atoms with Gasteiger partial charge in [-0.3, -0.25) is 0 Å². The zero-order valence-corrected chi connectivity index (χ0v) is 11.5. The zero-order valence-electron chi connectivity index (χ0n) is 11.5. The van der Waals surface area contributed by atoms with Gasteiger partial charge in [0.15, 0.2) is 0 Å². The fourth-order valence-electron chi connectivity index (χ4n) is 2.23. The second kappa shape index (κ2) is 6.48. The first kappa shape index (κ1) is 13.8. The molecule has 1 atom stereocenters. The van der Waals surface area contributed by atoms with E-state index < -0.39 is 0 Å². The van der Waals surface area contributed by atoms with Crippen molar-refractivity contribution in [2.75, 3.05) is 6.54 Å². The van der Waals surface area contributed by atoms with E-state index in [4.69, 9.17) is 0 Å². The Kier molecular flexibility index (Phi) is 4.69. The molecule has 0 saturated heterocycles. The van der Waals surface area contributed by atoms with E-state index in [0.29, 0.717) is 0 Å². The summed E-state index contributed by atoms with van der Waals surface area (Å²) in [6, 6.07) is 15.2. The van der Waals surface area contributed by atoms with Crippen molar-refractivity contribution in [1.29, 1.82) is 0 Å². The summed E-state index contributed by atoms with van der Waals surface area (Å²) in [4.78, 5) is 0. The van der Waals surface area contributed by atoms with Crippen molar-refractivity contribution >= 4 is 0 Å². The predicted molar refractivity (Wildman–Crippen MR) is 77.7 cm³/mol. The quantitative estimate of drug-likeness (QED) is 0.845. The molecule has 0 spiro atoms. The molecule has 0 aliphatic carbocycles. The largest absolute Gasteiger partial charge is 0.306 e. The molecule has 0 saturated carbocycles. The first-order valence-corrected chi connectivity index (χ1v) is 6.76. The van der Waals surface area contributed by atoms with Gasteiger partial charge >= 0.3 is 0 Å². The van der Waals surface area contributed by atoms with Crippen molar-refractivity contribution in [3.63, 3.8) is 0 Å². The summed E-state index contributed by atoms with van der Waals surface area (Å²) < 4.78 is 14.1. The lowest BCUT2D eigenvalue weighted by Crippen LogP contribution is -2.24. The van der Waals surface area contributed by atoms with E-state index in [1.54, 1.807) is 12.1 Å². The molecule has 2 aromatic rings. The molecule has 0 aliphatic rings. The molecule has 0 fully saturated rings. The van der Waals surface area contributed by atoms with Crippen LogP contribution < -0.4 is 5.32 Å². The van der Waals surface area contributed by atoms with E-state index in [0.717, 1.165) is 29.7 Å². The minimum Gasteiger partial charge on any atom is -0.306 e. The van der Waals surface area contributed by atoms with Crippen LogP contribution in [0.1, 0.15) is 36.1 Å². The molecule has 2 aromatic carbocycles. The van der Waals surface area contributed by atoms with Crippen molar-refractivity contribution in [3.05, 3.63) is 71.0 Å². The van der Waals surface area contributed by atoms with Gasteiger partial charge in [0.05, 0.1) is 6.04 Å². The van der Waals surface area contributed by atoms with Gasteiger partial charge in [-0.25, -0.2) is 4.39 Å². The third kappa shape index (κ3) is 3.42. The number of hydrogen-bond donors (Lipinski definition) is 1. The molecule has 0 amide bonds. The highest BCUT2D eigenvalue weighted by molar-refractivity contribution is 5.35. The SMILES string of the molecule is CCCNC(c1ccccc1)c1cc(C)ccc1F. The predicted octanol–water partition coefficient (Wildman–Crippen LogP) is 4.22. The summed E-state index contributed by atoms with van der Waals surface area (Å²) in [5.74, 6) is -0.150. The highest BCUT2D eigenvalue weighted by Gasteiger charge is 2.16. The van der Waals surface area contributed by atoms with E-state index in [1.807, 2.05) is 43.3 Å². The molecule has 0 aliphatic heterocycles. The average Bonchev–Trinajstić information content (AvgIpc) is 2.44. The lowest BCUT2D eigenvalue weighted by atomic mass is 9.96. The standard InChI is InChI=1S/C17H20FN/c1-3-11-19-17(14-7-5-4-6-8-14)15-12-13(2)9-10-16(15)18/h4-10,12,17,19H,3,11H2,1-2H3. The van der Waals surface area contributed by atoms with Gasteiger partial charge in [0.25, 0.3) is 0 Å². The first-order valence-electron chi connectivity index (χ1n) is 6.76. The van der Waals surface area contributed by atoms with Crippen LogP contribution in [0.2, 0.25) is 0 Å². The van der Waals surface area contributed by atoms with Gasteiger partial charge in [-0.15, -0.1) is 0 Å². The fourth-order valence-corrected chi connectivity index (χ4v) is 2.23. The van der Waals surface area contributed by atoms with Crippen LogP contribution in [0.15, 0.2) is 48.5 Å².